The van der Waals surface area contributed by atoms with E-state index in [9.17, 15) is 14.4 Å². The van der Waals surface area contributed by atoms with E-state index in [2.05, 4.69) is 15.6 Å². The SMILES string of the molecule is CC[C@H](C)[C@@H](NC)C(=O)N1CCC[C@H]1C(=O)N[C@H](C=O)CCCN=C(N)N. The van der Waals surface area contributed by atoms with Crippen LogP contribution >= 0.6 is 0 Å². The third kappa shape index (κ3) is 6.82. The quantitative estimate of drug-likeness (QED) is 0.162. The first-order valence-corrected chi connectivity index (χ1v) is 9.64. The molecule has 4 atom stereocenters. The fraction of sp³-hybridized carbons (Fsp3) is 0.778. The molecular formula is C18H34N6O3. The van der Waals surface area contributed by atoms with Crippen molar-refractivity contribution in [3.63, 3.8) is 0 Å². The van der Waals surface area contributed by atoms with Crippen molar-refractivity contribution >= 4 is 24.1 Å². The molecule has 1 aliphatic heterocycles. The number of carbonyl (C=O) groups is 3. The molecule has 1 rings (SSSR count). The first-order valence-electron chi connectivity index (χ1n) is 9.64. The summed E-state index contributed by atoms with van der Waals surface area (Å²) in [5.41, 5.74) is 10.5. The summed E-state index contributed by atoms with van der Waals surface area (Å²) in [6.45, 7) is 5.01. The first-order chi connectivity index (χ1) is 12.8. The number of nitrogens with two attached hydrogens (primary N) is 2. The van der Waals surface area contributed by atoms with E-state index in [1.54, 1.807) is 11.9 Å². The van der Waals surface area contributed by atoms with E-state index in [4.69, 9.17) is 11.5 Å². The average molecular weight is 383 g/mol. The summed E-state index contributed by atoms with van der Waals surface area (Å²) in [6, 6.07) is -1.46. The summed E-state index contributed by atoms with van der Waals surface area (Å²) >= 11 is 0. The molecule has 0 radical (unpaired) electrons. The molecule has 0 spiro atoms. The summed E-state index contributed by atoms with van der Waals surface area (Å²) in [4.78, 5) is 42.4. The van der Waals surface area contributed by atoms with Crippen LogP contribution in [0.2, 0.25) is 0 Å². The maximum Gasteiger partial charge on any atom is 0.243 e. The molecule has 154 valence electrons. The van der Waals surface area contributed by atoms with Crippen molar-refractivity contribution in [2.75, 3.05) is 20.1 Å². The van der Waals surface area contributed by atoms with E-state index in [0.717, 1.165) is 12.8 Å². The molecule has 0 unspecified atom stereocenters. The van der Waals surface area contributed by atoms with Gasteiger partial charge in [-0.2, -0.15) is 0 Å². The Morgan fingerprint density at radius 1 is 1.37 bits per heavy atom. The van der Waals surface area contributed by atoms with Gasteiger partial charge in [0.05, 0.1) is 12.1 Å². The second-order valence-corrected chi connectivity index (χ2v) is 7.04. The molecule has 1 aliphatic rings. The number of hydrogen-bond acceptors (Lipinski definition) is 5. The molecule has 0 aromatic heterocycles. The van der Waals surface area contributed by atoms with Crippen molar-refractivity contribution in [3.05, 3.63) is 0 Å². The van der Waals surface area contributed by atoms with Gasteiger partial charge in [0.2, 0.25) is 11.8 Å². The standard InChI is InChI=1S/C18H34N6O3/c1-4-12(2)15(21-3)17(27)24-10-6-8-14(24)16(26)23-13(11-25)7-5-9-22-18(19)20/h11-15,21H,4-10H2,1-3H3,(H,23,26)(H4,19,20,22)/t12-,13-,14-,15+/m0/s1. The average Bonchev–Trinajstić information content (AvgIpc) is 3.14. The van der Waals surface area contributed by atoms with Gasteiger partial charge in [-0.05, 0) is 38.6 Å². The molecule has 27 heavy (non-hydrogen) atoms. The Bertz CT molecular complexity index is 535. The van der Waals surface area contributed by atoms with E-state index in [-0.39, 0.29) is 29.7 Å². The minimum atomic E-state index is -0.612. The van der Waals surface area contributed by atoms with Gasteiger partial charge in [0.15, 0.2) is 5.96 Å². The van der Waals surface area contributed by atoms with E-state index >= 15 is 0 Å². The van der Waals surface area contributed by atoms with Gasteiger partial charge < -0.3 is 31.8 Å². The number of likely N-dealkylation sites (N-methyl/N-ethyl adjacent to an activating group) is 1. The monoisotopic (exact) mass is 382 g/mol. The number of hydrogen-bond donors (Lipinski definition) is 4. The Kier molecular flexibility index (Phi) is 9.77. The normalized spacial score (nSPS) is 19.8. The molecule has 0 aliphatic carbocycles. The fourth-order valence-electron chi connectivity index (χ4n) is 3.34. The number of nitrogens with one attached hydrogen (secondary N) is 2. The number of amides is 2. The van der Waals surface area contributed by atoms with Crippen LogP contribution < -0.4 is 22.1 Å². The maximum absolute atomic E-state index is 12.9. The zero-order valence-electron chi connectivity index (χ0n) is 16.6. The molecule has 0 saturated carbocycles. The summed E-state index contributed by atoms with van der Waals surface area (Å²) in [5.74, 6) is -0.161. The van der Waals surface area contributed by atoms with E-state index in [1.807, 2.05) is 13.8 Å². The number of nitrogens with zero attached hydrogens (tertiary/aromatic N) is 2. The second-order valence-electron chi connectivity index (χ2n) is 7.04. The van der Waals surface area contributed by atoms with Gasteiger partial charge in [-0.25, -0.2) is 0 Å². The molecule has 1 fully saturated rings. The van der Waals surface area contributed by atoms with Gasteiger partial charge in [0.1, 0.15) is 12.3 Å². The minimum absolute atomic E-state index is 0.00203. The Morgan fingerprint density at radius 3 is 2.63 bits per heavy atom. The van der Waals surface area contributed by atoms with Crippen molar-refractivity contribution in [1.82, 2.24) is 15.5 Å². The zero-order chi connectivity index (χ0) is 20.4. The van der Waals surface area contributed by atoms with Crippen LogP contribution in [0.5, 0.6) is 0 Å². The number of guanidine groups is 1. The van der Waals surface area contributed by atoms with Gasteiger partial charge in [-0.3, -0.25) is 14.6 Å². The molecule has 0 bridgehead atoms. The predicted octanol–water partition coefficient (Wildman–Crippen LogP) is -0.651. The number of likely N-dealkylation sites (tertiary alicyclic amines) is 1. The molecule has 0 aromatic carbocycles. The third-order valence-corrected chi connectivity index (χ3v) is 5.09. The third-order valence-electron chi connectivity index (χ3n) is 5.09. The number of aliphatic imine (C=N–C) groups is 1. The lowest BCUT2D eigenvalue weighted by Gasteiger charge is -2.31. The van der Waals surface area contributed by atoms with Crippen LogP contribution in [-0.4, -0.2) is 67.2 Å². The highest BCUT2D eigenvalue weighted by Gasteiger charge is 2.38. The molecule has 9 nitrogen and oxygen atoms in total. The van der Waals surface area contributed by atoms with Crippen molar-refractivity contribution in [1.29, 1.82) is 0 Å². The highest BCUT2D eigenvalue weighted by atomic mass is 16.2. The molecule has 2 amide bonds. The van der Waals surface area contributed by atoms with Crippen molar-refractivity contribution < 1.29 is 14.4 Å². The van der Waals surface area contributed by atoms with Gasteiger partial charge in [0.25, 0.3) is 0 Å². The molecule has 1 saturated heterocycles. The zero-order valence-corrected chi connectivity index (χ0v) is 16.6. The molecule has 6 N–H and O–H groups in total. The van der Waals surface area contributed by atoms with Gasteiger partial charge in [0, 0.05) is 13.1 Å². The predicted molar refractivity (Wildman–Crippen MR) is 105 cm³/mol. The number of rotatable bonds is 11. The van der Waals surface area contributed by atoms with E-state index < -0.39 is 12.1 Å². The molecule has 1 heterocycles. The molecular weight excluding hydrogens is 348 g/mol. The van der Waals surface area contributed by atoms with Crippen molar-refractivity contribution in [2.45, 2.75) is 64.1 Å². The van der Waals surface area contributed by atoms with Crippen LogP contribution in [0.25, 0.3) is 0 Å². The van der Waals surface area contributed by atoms with Gasteiger partial charge >= 0.3 is 0 Å². The highest BCUT2D eigenvalue weighted by Crippen LogP contribution is 2.21. The maximum atomic E-state index is 12.9. The smallest absolute Gasteiger partial charge is 0.243 e. The summed E-state index contributed by atoms with van der Waals surface area (Å²) in [6.07, 6.45) is 3.98. The van der Waals surface area contributed by atoms with Gasteiger partial charge in [-0.1, -0.05) is 20.3 Å². The lowest BCUT2D eigenvalue weighted by molar-refractivity contribution is -0.141. The lowest BCUT2D eigenvalue weighted by atomic mass is 9.97. The van der Waals surface area contributed by atoms with E-state index in [1.165, 1.54) is 0 Å². The van der Waals surface area contributed by atoms with Crippen LogP contribution in [0, 0.1) is 5.92 Å². The number of carbonyl (C=O) groups excluding carboxylic acids is 3. The van der Waals surface area contributed by atoms with E-state index in [0.29, 0.717) is 38.6 Å². The Hall–Kier alpha value is -2.16. The first kappa shape index (κ1) is 22.9. The van der Waals surface area contributed by atoms with Crippen LogP contribution in [0.3, 0.4) is 0 Å². The van der Waals surface area contributed by atoms with Crippen LogP contribution in [-0.2, 0) is 14.4 Å². The van der Waals surface area contributed by atoms with Crippen molar-refractivity contribution in [3.8, 4) is 0 Å². The Labute approximate surface area is 161 Å². The summed E-state index contributed by atoms with van der Waals surface area (Å²) in [7, 11) is 1.76. The second kappa shape index (κ2) is 11.5. The largest absolute Gasteiger partial charge is 0.370 e. The summed E-state index contributed by atoms with van der Waals surface area (Å²) < 4.78 is 0. The minimum Gasteiger partial charge on any atom is -0.370 e. The highest BCUT2D eigenvalue weighted by molar-refractivity contribution is 5.91. The molecule has 9 heteroatoms. The topological polar surface area (TPSA) is 143 Å². The Morgan fingerprint density at radius 2 is 2.07 bits per heavy atom. The number of aldehydes is 1. The lowest BCUT2D eigenvalue weighted by Crippen LogP contribution is -2.54. The summed E-state index contributed by atoms with van der Waals surface area (Å²) in [5, 5.41) is 5.82. The van der Waals surface area contributed by atoms with Crippen molar-refractivity contribution in [2.24, 2.45) is 22.4 Å². The van der Waals surface area contributed by atoms with Crippen LogP contribution in [0.15, 0.2) is 4.99 Å². The van der Waals surface area contributed by atoms with Gasteiger partial charge in [-0.15, -0.1) is 0 Å². The molecule has 0 aromatic rings. The van der Waals surface area contributed by atoms with Crippen LogP contribution in [0.4, 0.5) is 0 Å². The van der Waals surface area contributed by atoms with Crippen LogP contribution in [0.1, 0.15) is 46.0 Å². The fourth-order valence-corrected chi connectivity index (χ4v) is 3.34. The Balaban J connectivity index is 2.67.